The molecule has 3 aromatic heterocycles. The van der Waals surface area contributed by atoms with Crippen LogP contribution in [0.15, 0.2) is 23.8 Å². The van der Waals surface area contributed by atoms with E-state index in [0.717, 1.165) is 21.7 Å². The molecule has 0 aromatic carbocycles. The van der Waals surface area contributed by atoms with Crippen LogP contribution in [0.1, 0.15) is 24.4 Å². The van der Waals surface area contributed by atoms with Gasteiger partial charge >= 0.3 is 0 Å². The van der Waals surface area contributed by atoms with Gasteiger partial charge in [-0.05, 0) is 32.4 Å². The van der Waals surface area contributed by atoms with Gasteiger partial charge in [-0.25, -0.2) is 15.0 Å². The van der Waals surface area contributed by atoms with Crippen molar-refractivity contribution in [1.82, 2.24) is 19.5 Å². The Kier molecular flexibility index (Phi) is 2.56. The topological polar surface area (TPSA) is 69.6 Å². The molecule has 3 aromatic rings. The van der Waals surface area contributed by atoms with Gasteiger partial charge in [-0.15, -0.1) is 11.3 Å². The molecular weight excluding hydrogens is 258 g/mol. The fourth-order valence-corrected chi connectivity index (χ4v) is 3.04. The van der Waals surface area contributed by atoms with Gasteiger partial charge in [0.05, 0.1) is 5.54 Å². The molecule has 19 heavy (non-hydrogen) atoms. The molecule has 0 aliphatic carbocycles. The Morgan fingerprint density at radius 2 is 2.05 bits per heavy atom. The average molecular weight is 273 g/mol. The van der Waals surface area contributed by atoms with Gasteiger partial charge in [-0.3, -0.25) is 4.57 Å². The number of fused-ring (bicyclic) bond motifs is 1. The third kappa shape index (κ3) is 1.71. The van der Waals surface area contributed by atoms with Gasteiger partial charge in [0.25, 0.3) is 0 Å². The summed E-state index contributed by atoms with van der Waals surface area (Å²) in [7, 11) is 0. The van der Waals surface area contributed by atoms with E-state index >= 15 is 0 Å². The van der Waals surface area contributed by atoms with Crippen LogP contribution in [-0.2, 0) is 5.54 Å². The number of nitrogens with zero attached hydrogens (tertiary/aromatic N) is 4. The van der Waals surface area contributed by atoms with Gasteiger partial charge in [-0.2, -0.15) is 0 Å². The van der Waals surface area contributed by atoms with E-state index in [1.165, 1.54) is 0 Å². The number of nitrogen functional groups attached to an aromatic ring is 1. The van der Waals surface area contributed by atoms with Gasteiger partial charge in [-0.1, -0.05) is 0 Å². The zero-order valence-corrected chi connectivity index (χ0v) is 11.9. The lowest BCUT2D eigenvalue weighted by molar-refractivity contribution is 0.450. The Labute approximate surface area is 115 Å². The van der Waals surface area contributed by atoms with Crippen LogP contribution in [0.2, 0.25) is 0 Å². The molecule has 3 rings (SSSR count). The molecule has 0 spiro atoms. The highest BCUT2D eigenvalue weighted by Crippen LogP contribution is 2.33. The minimum absolute atomic E-state index is 0.367. The van der Waals surface area contributed by atoms with Crippen molar-refractivity contribution < 1.29 is 0 Å². The zero-order chi connectivity index (χ0) is 13.6. The number of hydrogen-bond donors (Lipinski definition) is 1. The summed E-state index contributed by atoms with van der Waals surface area (Å²) < 4.78 is 1.95. The number of aromatic nitrogens is 4. The number of anilines is 1. The summed E-state index contributed by atoms with van der Waals surface area (Å²) in [5.41, 5.74) is 8.47. The van der Waals surface area contributed by atoms with E-state index in [2.05, 4.69) is 28.8 Å². The Morgan fingerprint density at radius 1 is 1.26 bits per heavy atom. The predicted octanol–water partition coefficient (Wildman–Crippen LogP) is 2.56. The first-order valence-corrected chi connectivity index (χ1v) is 6.90. The fraction of sp³-hybridized carbons (Fsp3) is 0.308. The molecule has 6 heteroatoms. The highest BCUT2D eigenvalue weighted by atomic mass is 32.1. The fourth-order valence-electron chi connectivity index (χ4n) is 2.28. The molecule has 0 unspecified atom stereocenters. The Bertz CT molecular complexity index is 727. The van der Waals surface area contributed by atoms with Crippen LogP contribution < -0.4 is 5.73 Å². The number of pyridine rings is 1. The molecule has 2 N–H and O–H groups in total. The van der Waals surface area contributed by atoms with Crippen molar-refractivity contribution in [2.45, 2.75) is 26.3 Å². The zero-order valence-electron chi connectivity index (χ0n) is 11.1. The average Bonchev–Trinajstić information content (AvgIpc) is 2.96. The van der Waals surface area contributed by atoms with Crippen LogP contribution in [0, 0.1) is 6.92 Å². The van der Waals surface area contributed by atoms with Crippen molar-refractivity contribution in [3.8, 4) is 0 Å². The van der Waals surface area contributed by atoms with Crippen LogP contribution in [0.25, 0.3) is 11.2 Å². The first-order valence-electron chi connectivity index (χ1n) is 6.02. The predicted molar refractivity (Wildman–Crippen MR) is 77.2 cm³/mol. The standard InChI is InChI=1S/C13H15N5S/c1-8-4-5-15-10-9(8)17-12(14)18(10)13(2,3)11-16-6-7-19-11/h4-7H,1-3H3,(H2,14,17). The van der Waals surface area contributed by atoms with Crippen molar-refractivity contribution in [2.75, 3.05) is 5.73 Å². The van der Waals surface area contributed by atoms with E-state index in [0.29, 0.717) is 5.95 Å². The number of hydrogen-bond acceptors (Lipinski definition) is 5. The molecule has 0 fully saturated rings. The normalized spacial score (nSPS) is 12.2. The quantitative estimate of drug-likeness (QED) is 0.779. The number of rotatable bonds is 2. The summed E-state index contributed by atoms with van der Waals surface area (Å²) in [6, 6.07) is 1.94. The summed E-state index contributed by atoms with van der Waals surface area (Å²) >= 11 is 1.61. The lowest BCUT2D eigenvalue weighted by Crippen LogP contribution is -2.29. The summed E-state index contributed by atoms with van der Waals surface area (Å²) in [6.07, 6.45) is 3.59. The van der Waals surface area contributed by atoms with Crippen LogP contribution in [0.4, 0.5) is 5.95 Å². The van der Waals surface area contributed by atoms with E-state index in [4.69, 9.17) is 5.73 Å². The second-order valence-corrected chi connectivity index (χ2v) is 5.90. The second-order valence-electron chi connectivity index (χ2n) is 5.00. The number of nitrogens with two attached hydrogens (primary N) is 1. The Morgan fingerprint density at radius 3 is 2.74 bits per heavy atom. The van der Waals surface area contributed by atoms with Crippen molar-refractivity contribution in [1.29, 1.82) is 0 Å². The molecular formula is C13H15N5S. The summed E-state index contributed by atoms with van der Waals surface area (Å²) in [5, 5.41) is 2.95. The van der Waals surface area contributed by atoms with Crippen LogP contribution in [0.5, 0.6) is 0 Å². The molecule has 3 heterocycles. The van der Waals surface area contributed by atoms with Crippen molar-refractivity contribution in [3.05, 3.63) is 34.4 Å². The number of thiazole rings is 1. The molecule has 0 aliphatic heterocycles. The lowest BCUT2D eigenvalue weighted by atomic mass is 10.1. The first kappa shape index (κ1) is 12.1. The maximum absolute atomic E-state index is 6.10. The maximum atomic E-state index is 6.10. The second kappa shape index (κ2) is 4.03. The van der Waals surface area contributed by atoms with E-state index in [-0.39, 0.29) is 5.54 Å². The minimum Gasteiger partial charge on any atom is -0.369 e. The van der Waals surface area contributed by atoms with E-state index in [1.807, 2.05) is 22.9 Å². The molecule has 0 atom stereocenters. The molecule has 0 aliphatic rings. The summed E-state index contributed by atoms with van der Waals surface area (Å²) in [4.78, 5) is 13.3. The van der Waals surface area contributed by atoms with Gasteiger partial charge in [0.2, 0.25) is 5.95 Å². The van der Waals surface area contributed by atoms with Crippen LogP contribution >= 0.6 is 11.3 Å². The summed E-state index contributed by atoms with van der Waals surface area (Å²) in [5.74, 6) is 0.469. The smallest absolute Gasteiger partial charge is 0.203 e. The van der Waals surface area contributed by atoms with Crippen molar-refractivity contribution >= 4 is 28.4 Å². The first-order chi connectivity index (χ1) is 9.01. The Hall–Kier alpha value is -1.95. The highest BCUT2D eigenvalue weighted by Gasteiger charge is 2.30. The van der Waals surface area contributed by atoms with Crippen molar-refractivity contribution in [3.63, 3.8) is 0 Å². The highest BCUT2D eigenvalue weighted by molar-refractivity contribution is 7.09. The molecule has 0 amide bonds. The monoisotopic (exact) mass is 273 g/mol. The molecule has 5 nitrogen and oxygen atoms in total. The third-order valence-electron chi connectivity index (χ3n) is 3.29. The van der Waals surface area contributed by atoms with Crippen LogP contribution in [-0.4, -0.2) is 19.5 Å². The van der Waals surface area contributed by atoms with Gasteiger partial charge < -0.3 is 5.73 Å². The largest absolute Gasteiger partial charge is 0.369 e. The molecule has 0 bridgehead atoms. The third-order valence-corrected chi connectivity index (χ3v) is 4.37. The molecule has 0 radical (unpaired) electrons. The molecule has 98 valence electrons. The Balaban J connectivity index is 2.31. The van der Waals surface area contributed by atoms with Gasteiger partial charge in [0.1, 0.15) is 10.5 Å². The van der Waals surface area contributed by atoms with Crippen molar-refractivity contribution in [2.24, 2.45) is 0 Å². The number of imidazole rings is 1. The number of aryl methyl sites for hydroxylation is 1. The minimum atomic E-state index is -0.367. The lowest BCUT2D eigenvalue weighted by Gasteiger charge is -2.25. The van der Waals surface area contributed by atoms with E-state index in [1.54, 1.807) is 23.7 Å². The maximum Gasteiger partial charge on any atom is 0.203 e. The molecule has 0 saturated carbocycles. The van der Waals surface area contributed by atoms with Crippen LogP contribution in [0.3, 0.4) is 0 Å². The van der Waals surface area contributed by atoms with Gasteiger partial charge in [0.15, 0.2) is 5.65 Å². The van der Waals surface area contributed by atoms with E-state index < -0.39 is 0 Å². The summed E-state index contributed by atoms with van der Waals surface area (Å²) in [6.45, 7) is 6.16. The van der Waals surface area contributed by atoms with E-state index in [9.17, 15) is 0 Å². The van der Waals surface area contributed by atoms with Gasteiger partial charge in [0, 0.05) is 17.8 Å². The SMILES string of the molecule is Cc1ccnc2c1nc(N)n2C(C)(C)c1nccs1. The molecule has 0 saturated heterocycles.